The van der Waals surface area contributed by atoms with Crippen molar-refractivity contribution in [2.45, 2.75) is 33.2 Å². The molecular weight excluding hydrogens is 348 g/mol. The van der Waals surface area contributed by atoms with E-state index in [-0.39, 0.29) is 12.3 Å². The number of rotatable bonds is 5. The van der Waals surface area contributed by atoms with Crippen LogP contribution in [0.25, 0.3) is 10.6 Å². The normalized spacial score (nSPS) is 12.7. The summed E-state index contributed by atoms with van der Waals surface area (Å²) in [5, 5.41) is 14.9. The number of halogens is 1. The van der Waals surface area contributed by atoms with E-state index >= 15 is 0 Å². The molecule has 2 aromatic rings. The topological polar surface area (TPSA) is 79.3 Å². The zero-order valence-corrected chi connectivity index (χ0v) is 15.2. The number of carboxylic acids is 1. The van der Waals surface area contributed by atoms with Gasteiger partial charge in [-0.3, -0.25) is 4.79 Å². The van der Waals surface area contributed by atoms with Gasteiger partial charge in [0.05, 0.1) is 17.1 Å². The Morgan fingerprint density at radius 3 is 2.58 bits per heavy atom. The number of carbonyl (C=O) groups is 2. The van der Waals surface area contributed by atoms with Crippen LogP contribution in [-0.2, 0) is 16.0 Å². The van der Waals surface area contributed by atoms with E-state index in [1.54, 1.807) is 32.2 Å². The molecule has 0 saturated heterocycles. The van der Waals surface area contributed by atoms with Crippen molar-refractivity contribution in [3.8, 4) is 10.6 Å². The van der Waals surface area contributed by atoms with Crippen molar-refractivity contribution in [1.82, 2.24) is 10.3 Å². The molecule has 2 rings (SSSR count). The van der Waals surface area contributed by atoms with Crippen LogP contribution in [0.2, 0.25) is 5.02 Å². The van der Waals surface area contributed by atoms with Crippen LogP contribution in [0.15, 0.2) is 29.6 Å². The molecule has 1 amide bonds. The van der Waals surface area contributed by atoms with E-state index in [1.807, 2.05) is 18.2 Å². The number of nitrogens with one attached hydrogen (secondary N) is 1. The van der Waals surface area contributed by atoms with Crippen molar-refractivity contribution in [2.24, 2.45) is 5.41 Å². The zero-order chi connectivity index (χ0) is 17.9. The Hall–Kier alpha value is -1.92. The van der Waals surface area contributed by atoms with Gasteiger partial charge in [-0.2, -0.15) is 0 Å². The maximum atomic E-state index is 12.2. The number of benzene rings is 1. The quantitative estimate of drug-likeness (QED) is 0.847. The van der Waals surface area contributed by atoms with Gasteiger partial charge in [0.25, 0.3) is 0 Å². The monoisotopic (exact) mass is 366 g/mol. The first kappa shape index (κ1) is 18.4. The van der Waals surface area contributed by atoms with Crippen molar-refractivity contribution in [3.05, 3.63) is 40.4 Å². The minimum atomic E-state index is -1.05. The second kappa shape index (κ2) is 7.32. The summed E-state index contributed by atoms with van der Waals surface area (Å²) in [6.45, 7) is 5.30. The Balaban J connectivity index is 2.08. The Labute approximate surface area is 149 Å². The van der Waals surface area contributed by atoms with Gasteiger partial charge in [0.15, 0.2) is 0 Å². The number of nitrogens with zero attached hydrogens (tertiary/aromatic N) is 1. The molecule has 7 heteroatoms. The van der Waals surface area contributed by atoms with Gasteiger partial charge in [0.1, 0.15) is 11.0 Å². The number of aromatic nitrogens is 1. The third-order valence-corrected chi connectivity index (χ3v) is 4.67. The summed E-state index contributed by atoms with van der Waals surface area (Å²) in [5.74, 6) is -1.42. The van der Waals surface area contributed by atoms with E-state index in [0.717, 1.165) is 10.6 Å². The lowest BCUT2D eigenvalue weighted by molar-refractivity contribution is -0.144. The molecule has 0 aliphatic rings. The summed E-state index contributed by atoms with van der Waals surface area (Å²) >= 11 is 7.55. The fraction of sp³-hybridized carbons (Fsp3) is 0.353. The minimum Gasteiger partial charge on any atom is -0.480 e. The second-order valence-electron chi connectivity index (χ2n) is 6.51. The number of thiazole rings is 1. The second-order valence-corrected chi connectivity index (χ2v) is 7.77. The SMILES string of the molecule is CC(C)(C)[C@H](NC(=O)Cc1csc(-c2ccccc2Cl)n1)C(=O)O. The molecule has 24 heavy (non-hydrogen) atoms. The van der Waals surface area contributed by atoms with Crippen molar-refractivity contribution in [3.63, 3.8) is 0 Å². The fourth-order valence-corrected chi connectivity index (χ4v) is 3.31. The van der Waals surface area contributed by atoms with Gasteiger partial charge in [0, 0.05) is 10.9 Å². The van der Waals surface area contributed by atoms with Gasteiger partial charge in [-0.15, -0.1) is 11.3 Å². The molecule has 0 fully saturated rings. The molecule has 0 bridgehead atoms. The number of aliphatic carboxylic acids is 1. The molecule has 1 aromatic heterocycles. The highest BCUT2D eigenvalue weighted by Gasteiger charge is 2.32. The summed E-state index contributed by atoms with van der Waals surface area (Å²) in [4.78, 5) is 27.9. The fourth-order valence-electron chi connectivity index (χ4n) is 2.17. The van der Waals surface area contributed by atoms with Gasteiger partial charge >= 0.3 is 5.97 Å². The lowest BCUT2D eigenvalue weighted by Crippen LogP contribution is -2.49. The molecule has 0 saturated carbocycles. The van der Waals surface area contributed by atoms with Gasteiger partial charge < -0.3 is 10.4 Å². The van der Waals surface area contributed by atoms with Crippen molar-refractivity contribution >= 4 is 34.8 Å². The first-order chi connectivity index (χ1) is 11.2. The summed E-state index contributed by atoms with van der Waals surface area (Å²) in [7, 11) is 0. The highest BCUT2D eigenvalue weighted by atomic mass is 35.5. The Bertz CT molecular complexity index is 752. The Kier molecular flexibility index (Phi) is 5.62. The highest BCUT2D eigenvalue weighted by Crippen LogP contribution is 2.30. The number of carbonyl (C=O) groups excluding carboxylic acids is 1. The molecule has 0 aliphatic carbocycles. The van der Waals surface area contributed by atoms with Crippen LogP contribution < -0.4 is 5.32 Å². The van der Waals surface area contributed by atoms with E-state index in [9.17, 15) is 14.7 Å². The van der Waals surface area contributed by atoms with Crippen LogP contribution in [0, 0.1) is 5.41 Å². The van der Waals surface area contributed by atoms with Gasteiger partial charge in [-0.1, -0.05) is 50.6 Å². The van der Waals surface area contributed by atoms with Crippen molar-refractivity contribution in [2.75, 3.05) is 0 Å². The number of hydrogen-bond acceptors (Lipinski definition) is 4. The summed E-state index contributed by atoms with van der Waals surface area (Å²) in [5.41, 5.74) is 0.825. The maximum Gasteiger partial charge on any atom is 0.326 e. The maximum absolute atomic E-state index is 12.2. The lowest BCUT2D eigenvalue weighted by atomic mass is 9.86. The predicted molar refractivity (Wildman–Crippen MR) is 95.3 cm³/mol. The average Bonchev–Trinajstić information content (AvgIpc) is 2.92. The Morgan fingerprint density at radius 2 is 2.00 bits per heavy atom. The molecule has 1 heterocycles. The largest absolute Gasteiger partial charge is 0.480 e. The van der Waals surface area contributed by atoms with Crippen LogP contribution >= 0.6 is 22.9 Å². The van der Waals surface area contributed by atoms with Crippen LogP contribution in [0.4, 0.5) is 0 Å². The van der Waals surface area contributed by atoms with Crippen LogP contribution in [0.1, 0.15) is 26.5 Å². The van der Waals surface area contributed by atoms with Crippen molar-refractivity contribution < 1.29 is 14.7 Å². The molecule has 0 unspecified atom stereocenters. The summed E-state index contributed by atoms with van der Waals surface area (Å²) in [6.07, 6.45) is 0.0286. The lowest BCUT2D eigenvalue weighted by Gasteiger charge is -2.27. The first-order valence-corrected chi connectivity index (χ1v) is 8.65. The summed E-state index contributed by atoms with van der Waals surface area (Å²) < 4.78 is 0. The molecule has 0 spiro atoms. The molecule has 5 nitrogen and oxygen atoms in total. The van der Waals surface area contributed by atoms with Gasteiger partial charge in [-0.05, 0) is 11.5 Å². The van der Waals surface area contributed by atoms with Crippen LogP contribution in [0.3, 0.4) is 0 Å². The molecular formula is C17H19ClN2O3S. The zero-order valence-electron chi connectivity index (χ0n) is 13.7. The van der Waals surface area contributed by atoms with Crippen LogP contribution in [0.5, 0.6) is 0 Å². The van der Waals surface area contributed by atoms with E-state index in [1.165, 1.54) is 11.3 Å². The smallest absolute Gasteiger partial charge is 0.326 e. The summed E-state index contributed by atoms with van der Waals surface area (Å²) in [6, 6.07) is 6.41. The number of amides is 1. The van der Waals surface area contributed by atoms with Crippen molar-refractivity contribution in [1.29, 1.82) is 0 Å². The first-order valence-electron chi connectivity index (χ1n) is 7.40. The third-order valence-electron chi connectivity index (χ3n) is 3.42. The Morgan fingerprint density at radius 1 is 1.33 bits per heavy atom. The molecule has 0 aliphatic heterocycles. The highest BCUT2D eigenvalue weighted by molar-refractivity contribution is 7.13. The van der Waals surface area contributed by atoms with Gasteiger partial charge in [0.2, 0.25) is 5.91 Å². The van der Waals surface area contributed by atoms with E-state index in [0.29, 0.717) is 10.7 Å². The number of carboxylic acid groups (broad SMARTS) is 1. The average molecular weight is 367 g/mol. The van der Waals surface area contributed by atoms with E-state index < -0.39 is 17.4 Å². The predicted octanol–water partition coefficient (Wildman–Crippen LogP) is 3.62. The molecule has 128 valence electrons. The van der Waals surface area contributed by atoms with E-state index in [4.69, 9.17) is 11.6 Å². The van der Waals surface area contributed by atoms with Gasteiger partial charge in [-0.25, -0.2) is 9.78 Å². The van der Waals surface area contributed by atoms with Crippen LogP contribution in [-0.4, -0.2) is 28.0 Å². The molecule has 1 aromatic carbocycles. The standard InChI is InChI=1S/C17H19ClN2O3S/c1-17(2,3)14(16(22)23)20-13(21)8-10-9-24-15(19-10)11-6-4-5-7-12(11)18/h4-7,9,14H,8H2,1-3H3,(H,20,21)(H,22,23)/t14-/m1/s1. The molecule has 2 N–H and O–H groups in total. The minimum absolute atomic E-state index is 0.0286. The third kappa shape index (κ3) is 4.55. The number of hydrogen-bond donors (Lipinski definition) is 2. The molecule has 0 radical (unpaired) electrons. The van der Waals surface area contributed by atoms with E-state index in [2.05, 4.69) is 10.3 Å². The molecule has 1 atom stereocenters.